The van der Waals surface area contributed by atoms with E-state index in [2.05, 4.69) is 16.8 Å². The van der Waals surface area contributed by atoms with Gasteiger partial charge in [0.25, 0.3) is 0 Å². The number of rotatable bonds is 8. The van der Waals surface area contributed by atoms with Crippen molar-refractivity contribution in [3.8, 4) is 5.75 Å². The van der Waals surface area contributed by atoms with Crippen molar-refractivity contribution in [1.82, 2.24) is 13.9 Å². The number of hydrogen-bond donors (Lipinski definition) is 1. The van der Waals surface area contributed by atoms with E-state index < -0.39 is 10.0 Å². The van der Waals surface area contributed by atoms with Gasteiger partial charge in [0, 0.05) is 20.6 Å². The molecule has 28 heavy (non-hydrogen) atoms. The van der Waals surface area contributed by atoms with E-state index in [-0.39, 0.29) is 4.90 Å². The molecule has 7 nitrogen and oxygen atoms in total. The van der Waals surface area contributed by atoms with Crippen LogP contribution < -0.4 is 10.1 Å². The Kier molecular flexibility index (Phi) is 5.90. The Balaban J connectivity index is 1.98. The smallest absolute Gasteiger partial charge is 0.242 e. The molecule has 0 spiro atoms. The third-order valence-electron chi connectivity index (χ3n) is 4.57. The number of benzene rings is 2. The van der Waals surface area contributed by atoms with Crippen molar-refractivity contribution in [1.29, 1.82) is 0 Å². The molecule has 1 aromatic heterocycles. The van der Waals surface area contributed by atoms with E-state index in [0.717, 1.165) is 35.7 Å². The fraction of sp³-hybridized carbons (Fsp3) is 0.350. The number of ether oxygens (including phenoxy) is 1. The number of imidazole rings is 1. The van der Waals surface area contributed by atoms with Gasteiger partial charge in [-0.15, -0.1) is 0 Å². The molecule has 0 saturated heterocycles. The highest BCUT2D eigenvalue weighted by molar-refractivity contribution is 7.89. The topological polar surface area (TPSA) is 76.5 Å². The van der Waals surface area contributed by atoms with Gasteiger partial charge >= 0.3 is 0 Å². The van der Waals surface area contributed by atoms with Crippen LogP contribution in [0.2, 0.25) is 0 Å². The molecule has 0 aliphatic carbocycles. The van der Waals surface area contributed by atoms with Gasteiger partial charge in [0.2, 0.25) is 10.0 Å². The molecule has 2 aromatic carbocycles. The molecule has 0 unspecified atom stereocenters. The summed E-state index contributed by atoms with van der Waals surface area (Å²) in [5.41, 5.74) is 2.49. The van der Waals surface area contributed by atoms with Crippen molar-refractivity contribution in [2.24, 2.45) is 0 Å². The SMILES string of the molecule is CCCn1c(CNc2ccccc2OC)nc2cc(S(=O)(=O)N(C)C)ccc21. The first-order valence-electron chi connectivity index (χ1n) is 9.17. The van der Waals surface area contributed by atoms with Gasteiger partial charge in [0.15, 0.2) is 0 Å². The predicted octanol–water partition coefficient (Wildman–Crippen LogP) is 3.32. The van der Waals surface area contributed by atoms with E-state index in [1.807, 2.05) is 30.3 Å². The zero-order chi connectivity index (χ0) is 20.3. The molecule has 0 bridgehead atoms. The molecule has 3 aromatic rings. The van der Waals surface area contributed by atoms with Crippen LogP contribution in [-0.2, 0) is 23.1 Å². The first-order chi connectivity index (χ1) is 13.4. The second-order valence-electron chi connectivity index (χ2n) is 6.67. The highest BCUT2D eigenvalue weighted by Gasteiger charge is 2.19. The van der Waals surface area contributed by atoms with Gasteiger partial charge < -0.3 is 14.6 Å². The summed E-state index contributed by atoms with van der Waals surface area (Å²) in [5.74, 6) is 1.61. The van der Waals surface area contributed by atoms with E-state index in [4.69, 9.17) is 9.72 Å². The number of aryl methyl sites for hydroxylation is 1. The minimum atomic E-state index is -3.50. The molecule has 0 saturated carbocycles. The maximum absolute atomic E-state index is 12.4. The number of aromatic nitrogens is 2. The average molecular weight is 403 g/mol. The second-order valence-corrected chi connectivity index (χ2v) is 8.82. The number of sulfonamides is 1. The number of para-hydroxylation sites is 2. The fourth-order valence-corrected chi connectivity index (χ4v) is 4.03. The second kappa shape index (κ2) is 8.20. The van der Waals surface area contributed by atoms with Crippen molar-refractivity contribution in [3.63, 3.8) is 0 Å². The van der Waals surface area contributed by atoms with Crippen molar-refractivity contribution in [2.75, 3.05) is 26.5 Å². The summed E-state index contributed by atoms with van der Waals surface area (Å²) in [6.45, 7) is 3.41. The first kappa shape index (κ1) is 20.2. The molecule has 150 valence electrons. The summed E-state index contributed by atoms with van der Waals surface area (Å²) < 4.78 is 33.6. The van der Waals surface area contributed by atoms with Gasteiger partial charge in [-0.1, -0.05) is 19.1 Å². The highest BCUT2D eigenvalue weighted by atomic mass is 32.2. The van der Waals surface area contributed by atoms with E-state index >= 15 is 0 Å². The van der Waals surface area contributed by atoms with Crippen molar-refractivity contribution in [2.45, 2.75) is 31.3 Å². The van der Waals surface area contributed by atoms with Crippen LogP contribution in [-0.4, -0.2) is 43.5 Å². The quantitative estimate of drug-likeness (QED) is 0.625. The number of hydrogen-bond acceptors (Lipinski definition) is 5. The van der Waals surface area contributed by atoms with Gasteiger partial charge in [-0.25, -0.2) is 17.7 Å². The third-order valence-corrected chi connectivity index (χ3v) is 6.38. The molecule has 1 heterocycles. The number of methoxy groups -OCH3 is 1. The lowest BCUT2D eigenvalue weighted by atomic mass is 10.3. The summed E-state index contributed by atoms with van der Waals surface area (Å²) in [5, 5.41) is 3.37. The van der Waals surface area contributed by atoms with Crippen LogP contribution in [0.15, 0.2) is 47.4 Å². The lowest BCUT2D eigenvalue weighted by Crippen LogP contribution is -2.22. The van der Waals surface area contributed by atoms with Crippen LogP contribution in [0, 0.1) is 0 Å². The molecular formula is C20H26N4O3S. The Morgan fingerprint density at radius 3 is 2.61 bits per heavy atom. The summed E-state index contributed by atoms with van der Waals surface area (Å²) >= 11 is 0. The molecule has 8 heteroatoms. The molecule has 0 amide bonds. The molecule has 0 aliphatic heterocycles. The summed E-state index contributed by atoms with van der Waals surface area (Å²) in [4.78, 5) is 4.96. The third kappa shape index (κ3) is 3.83. The molecule has 0 fully saturated rings. The fourth-order valence-electron chi connectivity index (χ4n) is 3.10. The van der Waals surface area contributed by atoms with Crippen LogP contribution in [0.5, 0.6) is 5.75 Å². The lowest BCUT2D eigenvalue weighted by molar-refractivity contribution is 0.416. The van der Waals surface area contributed by atoms with Crippen LogP contribution in [0.4, 0.5) is 5.69 Å². The Morgan fingerprint density at radius 1 is 1.18 bits per heavy atom. The minimum absolute atomic E-state index is 0.246. The summed E-state index contributed by atoms with van der Waals surface area (Å²) in [6.07, 6.45) is 0.949. The molecule has 3 rings (SSSR count). The first-order valence-corrected chi connectivity index (χ1v) is 10.6. The largest absolute Gasteiger partial charge is 0.495 e. The van der Waals surface area contributed by atoms with Gasteiger partial charge in [0.1, 0.15) is 11.6 Å². The monoisotopic (exact) mass is 402 g/mol. The number of fused-ring (bicyclic) bond motifs is 1. The molecule has 1 N–H and O–H groups in total. The predicted molar refractivity (Wildman–Crippen MR) is 111 cm³/mol. The number of nitrogens with zero attached hydrogens (tertiary/aromatic N) is 3. The molecular weight excluding hydrogens is 376 g/mol. The average Bonchev–Trinajstić information content (AvgIpc) is 3.03. The molecule has 0 aliphatic rings. The number of anilines is 1. The molecule has 0 radical (unpaired) electrons. The zero-order valence-electron chi connectivity index (χ0n) is 16.6. The van der Waals surface area contributed by atoms with Gasteiger partial charge in [0.05, 0.1) is 35.3 Å². The maximum Gasteiger partial charge on any atom is 0.242 e. The standard InChI is InChI=1S/C20H26N4O3S/c1-5-12-24-18-11-10-15(28(25,26)23(2)3)13-17(18)22-20(24)14-21-16-8-6-7-9-19(16)27-4/h6-11,13,21H,5,12,14H2,1-4H3. The van der Waals surface area contributed by atoms with Gasteiger partial charge in [-0.05, 0) is 36.8 Å². The Morgan fingerprint density at radius 2 is 1.93 bits per heavy atom. The highest BCUT2D eigenvalue weighted by Crippen LogP contribution is 2.26. The van der Waals surface area contributed by atoms with Crippen LogP contribution in [0.1, 0.15) is 19.2 Å². The van der Waals surface area contributed by atoms with Crippen molar-refractivity contribution < 1.29 is 13.2 Å². The summed E-state index contributed by atoms with van der Waals surface area (Å²) in [6, 6.07) is 12.8. The maximum atomic E-state index is 12.4. The normalized spacial score (nSPS) is 11.9. The van der Waals surface area contributed by atoms with Crippen molar-refractivity contribution >= 4 is 26.7 Å². The Labute approximate surface area is 166 Å². The van der Waals surface area contributed by atoms with Crippen LogP contribution >= 0.6 is 0 Å². The van der Waals surface area contributed by atoms with Crippen molar-refractivity contribution in [3.05, 3.63) is 48.3 Å². The van der Waals surface area contributed by atoms with Gasteiger partial charge in [-0.3, -0.25) is 0 Å². The van der Waals surface area contributed by atoms with E-state index in [1.54, 1.807) is 19.2 Å². The summed E-state index contributed by atoms with van der Waals surface area (Å²) in [7, 11) is 1.19. The Hall–Kier alpha value is -2.58. The zero-order valence-corrected chi connectivity index (χ0v) is 17.5. The lowest BCUT2D eigenvalue weighted by Gasteiger charge is -2.12. The van der Waals surface area contributed by atoms with Gasteiger partial charge in [-0.2, -0.15) is 0 Å². The number of nitrogens with one attached hydrogen (secondary N) is 1. The van der Waals surface area contributed by atoms with E-state index in [1.165, 1.54) is 18.4 Å². The minimum Gasteiger partial charge on any atom is -0.495 e. The van der Waals surface area contributed by atoms with E-state index in [9.17, 15) is 8.42 Å². The van der Waals surface area contributed by atoms with Crippen LogP contribution in [0.25, 0.3) is 11.0 Å². The van der Waals surface area contributed by atoms with E-state index in [0.29, 0.717) is 12.1 Å². The van der Waals surface area contributed by atoms with Crippen LogP contribution in [0.3, 0.4) is 0 Å². The Bertz CT molecular complexity index is 1070. The molecule has 0 atom stereocenters.